The number of amides is 1. The molecule has 1 heterocycles. The van der Waals surface area contributed by atoms with E-state index in [9.17, 15) is 13.2 Å². The number of sulfonamides is 1. The van der Waals surface area contributed by atoms with E-state index in [1.165, 1.54) is 24.3 Å². The number of pyridine rings is 1. The van der Waals surface area contributed by atoms with Gasteiger partial charge < -0.3 is 11.1 Å². The van der Waals surface area contributed by atoms with Gasteiger partial charge in [0, 0.05) is 36.1 Å². The largest absolute Gasteiger partial charge is 0.329 e. The van der Waals surface area contributed by atoms with Crippen LogP contribution in [-0.2, 0) is 10.0 Å². The van der Waals surface area contributed by atoms with Crippen LogP contribution >= 0.6 is 11.6 Å². The maximum atomic E-state index is 12.5. The van der Waals surface area contributed by atoms with Crippen LogP contribution in [0, 0.1) is 0 Å². The molecule has 0 radical (unpaired) electrons. The van der Waals surface area contributed by atoms with Crippen molar-refractivity contribution in [2.75, 3.05) is 18.4 Å². The van der Waals surface area contributed by atoms with E-state index >= 15 is 0 Å². The molecule has 7 nitrogen and oxygen atoms in total. The number of rotatable bonds is 7. The van der Waals surface area contributed by atoms with Crippen molar-refractivity contribution in [3.63, 3.8) is 0 Å². The molecule has 3 aromatic rings. The first-order valence-corrected chi connectivity index (χ1v) is 10.6. The van der Waals surface area contributed by atoms with Gasteiger partial charge in [-0.3, -0.25) is 9.78 Å². The van der Waals surface area contributed by atoms with Crippen molar-refractivity contribution in [1.82, 2.24) is 9.71 Å². The Morgan fingerprint density at radius 2 is 1.83 bits per heavy atom. The van der Waals surface area contributed by atoms with E-state index in [0.717, 1.165) is 0 Å². The molecule has 0 saturated heterocycles. The highest BCUT2D eigenvalue weighted by Crippen LogP contribution is 2.29. The highest BCUT2D eigenvalue weighted by Gasteiger charge is 2.15. The molecule has 2 aromatic carbocycles. The summed E-state index contributed by atoms with van der Waals surface area (Å²) in [4.78, 5) is 16.9. The summed E-state index contributed by atoms with van der Waals surface area (Å²) in [5, 5.41) is 3.30. The Morgan fingerprint density at radius 1 is 1.07 bits per heavy atom. The van der Waals surface area contributed by atoms with E-state index in [1.54, 1.807) is 30.5 Å². The summed E-state index contributed by atoms with van der Waals surface area (Å²) in [5.74, 6) is -0.377. The number of nitrogens with zero attached hydrogens (tertiary/aromatic N) is 1. The third-order valence-corrected chi connectivity index (χ3v) is 5.83. The number of benzene rings is 2. The van der Waals surface area contributed by atoms with Crippen molar-refractivity contribution in [3.8, 4) is 11.3 Å². The highest BCUT2D eigenvalue weighted by atomic mass is 35.5. The van der Waals surface area contributed by atoms with Crippen LogP contribution in [0.3, 0.4) is 0 Å². The molecule has 1 aromatic heterocycles. The van der Waals surface area contributed by atoms with Gasteiger partial charge in [0.15, 0.2) is 0 Å². The van der Waals surface area contributed by atoms with Crippen molar-refractivity contribution in [2.24, 2.45) is 5.73 Å². The zero-order valence-electron chi connectivity index (χ0n) is 15.3. The third kappa shape index (κ3) is 5.18. The number of halogens is 1. The van der Waals surface area contributed by atoms with Gasteiger partial charge in [-0.1, -0.05) is 17.7 Å². The molecule has 0 aliphatic heterocycles. The van der Waals surface area contributed by atoms with Crippen LogP contribution in [-0.4, -0.2) is 32.4 Å². The highest BCUT2D eigenvalue weighted by molar-refractivity contribution is 7.89. The van der Waals surface area contributed by atoms with Crippen LogP contribution in [0.1, 0.15) is 10.4 Å². The Kier molecular flexibility index (Phi) is 6.60. The number of nitrogens with one attached hydrogen (secondary N) is 2. The van der Waals surface area contributed by atoms with Crippen molar-refractivity contribution in [2.45, 2.75) is 4.90 Å². The van der Waals surface area contributed by atoms with Gasteiger partial charge in [-0.25, -0.2) is 13.1 Å². The summed E-state index contributed by atoms with van der Waals surface area (Å²) in [5.41, 5.74) is 7.56. The lowest BCUT2D eigenvalue weighted by atomic mass is 10.1. The van der Waals surface area contributed by atoms with Crippen LogP contribution in [0.2, 0.25) is 5.02 Å². The van der Waals surface area contributed by atoms with Crippen molar-refractivity contribution < 1.29 is 13.2 Å². The molecule has 0 atom stereocenters. The molecular weight excluding hydrogens is 412 g/mol. The Labute approximate surface area is 174 Å². The lowest BCUT2D eigenvalue weighted by molar-refractivity contribution is 0.102. The topological polar surface area (TPSA) is 114 Å². The van der Waals surface area contributed by atoms with Crippen LogP contribution in [0.4, 0.5) is 5.69 Å². The lowest BCUT2D eigenvalue weighted by Crippen LogP contribution is -2.29. The summed E-state index contributed by atoms with van der Waals surface area (Å²) < 4.78 is 26.5. The standard InChI is InChI=1S/C20H19ClN4O3S/c21-18-9-6-15(13-17(18)19-3-1-2-11-23-19)25-20(26)14-4-7-16(8-5-14)29(27,28)24-12-10-22/h1-9,11,13,24H,10,12,22H2,(H,25,26). The smallest absolute Gasteiger partial charge is 0.255 e. The molecule has 9 heteroatoms. The first-order chi connectivity index (χ1) is 13.9. The monoisotopic (exact) mass is 430 g/mol. The molecular formula is C20H19ClN4O3S. The number of nitrogens with two attached hydrogens (primary N) is 1. The fourth-order valence-corrected chi connectivity index (χ4v) is 3.85. The minimum absolute atomic E-state index is 0.0615. The molecule has 4 N–H and O–H groups in total. The van der Waals surface area contributed by atoms with Crippen molar-refractivity contribution in [3.05, 3.63) is 77.4 Å². The molecule has 0 fully saturated rings. The van der Waals surface area contributed by atoms with Gasteiger partial charge >= 0.3 is 0 Å². The predicted molar refractivity (Wildman–Crippen MR) is 113 cm³/mol. The third-order valence-electron chi connectivity index (χ3n) is 4.03. The molecule has 1 amide bonds. The summed E-state index contributed by atoms with van der Waals surface area (Å²) in [6.45, 7) is 0.334. The molecule has 0 bridgehead atoms. The zero-order valence-corrected chi connectivity index (χ0v) is 16.9. The van der Waals surface area contributed by atoms with Gasteiger partial charge in [0.2, 0.25) is 10.0 Å². The number of aromatic nitrogens is 1. The SMILES string of the molecule is NCCNS(=O)(=O)c1ccc(C(=O)Nc2ccc(Cl)c(-c3ccccn3)c2)cc1. The van der Waals surface area contributed by atoms with Gasteiger partial charge in [0.1, 0.15) is 0 Å². The van der Waals surface area contributed by atoms with Crippen molar-refractivity contribution in [1.29, 1.82) is 0 Å². The second kappa shape index (κ2) is 9.15. The van der Waals surface area contributed by atoms with Gasteiger partial charge in [0.05, 0.1) is 15.6 Å². The fourth-order valence-electron chi connectivity index (χ4n) is 2.59. The minimum atomic E-state index is -3.65. The van der Waals surface area contributed by atoms with E-state index in [4.69, 9.17) is 17.3 Å². The average molecular weight is 431 g/mol. The average Bonchev–Trinajstić information content (AvgIpc) is 2.74. The summed E-state index contributed by atoms with van der Waals surface area (Å²) in [6.07, 6.45) is 1.66. The predicted octanol–water partition coefficient (Wildman–Crippen LogP) is 2.89. The molecule has 0 saturated carbocycles. The quantitative estimate of drug-likeness (QED) is 0.533. The Morgan fingerprint density at radius 3 is 2.48 bits per heavy atom. The van der Waals surface area contributed by atoms with Gasteiger partial charge in [-0.15, -0.1) is 0 Å². The van der Waals surface area contributed by atoms with Gasteiger partial charge in [0.25, 0.3) is 5.91 Å². The summed E-state index contributed by atoms with van der Waals surface area (Å²) in [7, 11) is -3.65. The van der Waals surface area contributed by atoms with E-state index < -0.39 is 10.0 Å². The molecule has 0 unspecified atom stereocenters. The van der Waals surface area contributed by atoms with Crippen LogP contribution in [0.5, 0.6) is 0 Å². The molecule has 0 aliphatic carbocycles. The van der Waals surface area contributed by atoms with Crippen molar-refractivity contribution >= 4 is 33.2 Å². The number of hydrogen-bond donors (Lipinski definition) is 3. The van der Waals surface area contributed by atoms with E-state index in [1.807, 2.05) is 12.1 Å². The maximum Gasteiger partial charge on any atom is 0.255 e. The van der Waals surface area contributed by atoms with Gasteiger partial charge in [-0.2, -0.15) is 0 Å². The number of hydrogen-bond acceptors (Lipinski definition) is 5. The maximum absolute atomic E-state index is 12.5. The summed E-state index contributed by atoms with van der Waals surface area (Å²) >= 11 is 6.26. The lowest BCUT2D eigenvalue weighted by Gasteiger charge is -2.10. The first-order valence-electron chi connectivity index (χ1n) is 8.73. The van der Waals surface area contributed by atoms with Crippen LogP contribution in [0.25, 0.3) is 11.3 Å². The van der Waals surface area contributed by atoms with E-state index in [-0.39, 0.29) is 23.9 Å². The zero-order chi connectivity index (χ0) is 20.9. The van der Waals surface area contributed by atoms with E-state index in [0.29, 0.717) is 27.5 Å². The van der Waals surface area contributed by atoms with Crippen LogP contribution in [0.15, 0.2) is 71.8 Å². The second-order valence-corrected chi connectivity index (χ2v) is 8.25. The second-order valence-electron chi connectivity index (χ2n) is 6.07. The van der Waals surface area contributed by atoms with Gasteiger partial charge in [-0.05, 0) is 54.6 Å². The molecule has 150 valence electrons. The van der Waals surface area contributed by atoms with Crippen LogP contribution < -0.4 is 15.8 Å². The molecule has 0 aliphatic rings. The molecule has 29 heavy (non-hydrogen) atoms. The fraction of sp³-hybridized carbons (Fsp3) is 0.100. The number of anilines is 1. The minimum Gasteiger partial charge on any atom is -0.329 e. The Balaban J connectivity index is 1.77. The Hall–Kier alpha value is -2.78. The number of carbonyl (C=O) groups excluding carboxylic acids is 1. The normalized spacial score (nSPS) is 11.2. The number of carbonyl (C=O) groups is 1. The molecule has 3 rings (SSSR count). The Bertz CT molecular complexity index is 1100. The van der Waals surface area contributed by atoms with E-state index in [2.05, 4.69) is 15.0 Å². The first kappa shape index (κ1) is 20.9. The summed E-state index contributed by atoms with van der Waals surface area (Å²) in [6, 6.07) is 16.2. The molecule has 0 spiro atoms.